The van der Waals surface area contributed by atoms with Crippen LogP contribution in [0.25, 0.3) is 11.3 Å². The summed E-state index contributed by atoms with van der Waals surface area (Å²) in [5, 5.41) is 24.9. The Bertz CT molecular complexity index is 1070. The molecule has 9 nitrogen and oxygen atoms in total. The molecule has 0 aliphatic rings. The summed E-state index contributed by atoms with van der Waals surface area (Å²) >= 11 is 0. The molecular formula is C24H34N6O3. The van der Waals surface area contributed by atoms with Gasteiger partial charge < -0.3 is 22.0 Å². The Hall–Kier alpha value is -3.62. The van der Waals surface area contributed by atoms with Gasteiger partial charge >= 0.3 is 0 Å². The van der Waals surface area contributed by atoms with Gasteiger partial charge in [0.25, 0.3) is 5.91 Å². The summed E-state index contributed by atoms with van der Waals surface area (Å²) in [6.45, 7) is 11.5. The van der Waals surface area contributed by atoms with E-state index in [2.05, 4.69) is 10.4 Å². The molecule has 2 aromatic rings. The topological polar surface area (TPSA) is 160 Å². The smallest absolute Gasteiger partial charge is 0.254 e. The molecule has 0 spiro atoms. The van der Waals surface area contributed by atoms with Crippen molar-refractivity contribution in [3.05, 3.63) is 47.4 Å². The van der Waals surface area contributed by atoms with E-state index < -0.39 is 17.7 Å². The molecule has 7 N–H and O–H groups in total. The highest BCUT2D eigenvalue weighted by atomic mass is 16.3. The zero-order valence-corrected chi connectivity index (χ0v) is 20.1. The molecule has 0 radical (unpaired) electrons. The Morgan fingerprint density at radius 2 is 1.79 bits per heavy atom. The van der Waals surface area contributed by atoms with Crippen LogP contribution in [0.15, 0.2) is 36.2 Å². The predicted molar refractivity (Wildman–Crippen MR) is 130 cm³/mol. The van der Waals surface area contributed by atoms with Gasteiger partial charge in [-0.3, -0.25) is 14.9 Å². The van der Waals surface area contributed by atoms with Gasteiger partial charge in [-0.25, -0.2) is 4.68 Å². The Morgan fingerprint density at radius 1 is 1.21 bits per heavy atom. The van der Waals surface area contributed by atoms with Gasteiger partial charge in [-0.2, -0.15) is 5.10 Å². The molecule has 0 aliphatic carbocycles. The molecule has 9 heteroatoms. The Morgan fingerprint density at radius 3 is 2.27 bits per heavy atom. The monoisotopic (exact) mass is 454 g/mol. The quantitative estimate of drug-likeness (QED) is 0.302. The average Bonchev–Trinajstić information content (AvgIpc) is 3.03. The van der Waals surface area contributed by atoms with E-state index in [9.17, 15) is 14.7 Å². The number of carbonyl (C=O) groups excluding carboxylic acids is 2. The van der Waals surface area contributed by atoms with E-state index in [4.69, 9.17) is 16.9 Å². The second-order valence-electron chi connectivity index (χ2n) is 9.64. The van der Waals surface area contributed by atoms with Gasteiger partial charge in [0.2, 0.25) is 5.91 Å². The van der Waals surface area contributed by atoms with Crippen LogP contribution in [-0.2, 0) is 4.79 Å². The minimum Gasteiger partial charge on any atom is -0.494 e. The zero-order chi connectivity index (χ0) is 25.1. The number of aliphatic hydroxyl groups excluding tert-OH is 1. The first kappa shape index (κ1) is 25.6. The first-order valence-corrected chi connectivity index (χ1v) is 10.8. The van der Waals surface area contributed by atoms with E-state index in [1.54, 1.807) is 35.9 Å². The fourth-order valence-electron chi connectivity index (χ4n) is 3.43. The maximum absolute atomic E-state index is 12.6. The molecule has 33 heavy (non-hydrogen) atoms. The number of aliphatic hydroxyl groups is 1. The van der Waals surface area contributed by atoms with Gasteiger partial charge in [0.1, 0.15) is 17.1 Å². The third-order valence-corrected chi connectivity index (χ3v) is 5.04. The van der Waals surface area contributed by atoms with Crippen LogP contribution in [-0.4, -0.2) is 32.4 Å². The van der Waals surface area contributed by atoms with E-state index in [1.807, 2.05) is 34.6 Å². The van der Waals surface area contributed by atoms with Crippen molar-refractivity contribution in [1.29, 1.82) is 5.41 Å². The summed E-state index contributed by atoms with van der Waals surface area (Å²) < 4.78 is 1.55. The second kappa shape index (κ2) is 9.89. The van der Waals surface area contributed by atoms with E-state index in [1.165, 1.54) is 6.08 Å². The van der Waals surface area contributed by atoms with Crippen LogP contribution < -0.4 is 16.8 Å². The zero-order valence-electron chi connectivity index (χ0n) is 20.1. The minimum absolute atomic E-state index is 0.0505. The summed E-state index contributed by atoms with van der Waals surface area (Å²) in [6.07, 6.45) is 1.72. The molecule has 0 aliphatic heterocycles. The highest BCUT2D eigenvalue weighted by Gasteiger charge is 2.23. The van der Waals surface area contributed by atoms with Gasteiger partial charge in [0.05, 0.1) is 5.92 Å². The number of amides is 2. The van der Waals surface area contributed by atoms with Crippen molar-refractivity contribution in [2.75, 3.05) is 5.73 Å². The van der Waals surface area contributed by atoms with Gasteiger partial charge in [0.15, 0.2) is 5.88 Å². The molecular weight excluding hydrogens is 420 g/mol. The molecule has 0 fully saturated rings. The molecule has 0 bridgehead atoms. The summed E-state index contributed by atoms with van der Waals surface area (Å²) in [6, 6.07) is 6.93. The maximum atomic E-state index is 12.6. The molecule has 0 saturated carbocycles. The molecule has 0 saturated heterocycles. The lowest BCUT2D eigenvalue weighted by atomic mass is 9.89. The molecule has 1 heterocycles. The third-order valence-electron chi connectivity index (χ3n) is 5.04. The Balaban J connectivity index is 2.20. The molecule has 1 aromatic carbocycles. The van der Waals surface area contributed by atoms with E-state index >= 15 is 0 Å². The number of nitrogens with zero attached hydrogens (tertiary/aromatic N) is 2. The van der Waals surface area contributed by atoms with Crippen molar-refractivity contribution < 1.29 is 14.7 Å². The van der Waals surface area contributed by atoms with Crippen LogP contribution >= 0.6 is 0 Å². The number of nitrogen functional groups attached to an aromatic ring is 1. The van der Waals surface area contributed by atoms with Crippen molar-refractivity contribution >= 4 is 23.3 Å². The van der Waals surface area contributed by atoms with Crippen LogP contribution in [0.3, 0.4) is 0 Å². The number of allylic oxidation sites excluding steroid dienone is 1. The molecule has 2 rings (SSSR count). The van der Waals surface area contributed by atoms with Crippen LogP contribution in [0, 0.1) is 10.8 Å². The molecule has 1 atom stereocenters. The highest BCUT2D eigenvalue weighted by molar-refractivity contribution is 6.03. The lowest BCUT2D eigenvalue weighted by Crippen LogP contribution is -2.28. The van der Waals surface area contributed by atoms with Crippen LogP contribution in [0.2, 0.25) is 0 Å². The van der Waals surface area contributed by atoms with Gasteiger partial charge in [-0.05, 0) is 38.2 Å². The number of anilines is 1. The number of rotatable bonds is 8. The number of nitrogens with one attached hydrogen (secondary N) is 2. The van der Waals surface area contributed by atoms with E-state index in [-0.39, 0.29) is 34.4 Å². The number of aromatic nitrogens is 2. The molecule has 178 valence electrons. The van der Waals surface area contributed by atoms with Crippen LogP contribution in [0.4, 0.5) is 5.82 Å². The number of hydrogen-bond donors (Lipinski definition) is 5. The molecule has 2 amide bonds. The normalized spacial score (nSPS) is 13.1. The fraction of sp³-hybridized carbons (Fsp3) is 0.417. The Labute approximate surface area is 194 Å². The fourth-order valence-corrected chi connectivity index (χ4v) is 3.43. The first-order valence-electron chi connectivity index (χ1n) is 10.8. The van der Waals surface area contributed by atoms with Crippen molar-refractivity contribution in [3.8, 4) is 11.3 Å². The van der Waals surface area contributed by atoms with E-state index in [0.29, 0.717) is 23.2 Å². The number of benzene rings is 1. The largest absolute Gasteiger partial charge is 0.494 e. The lowest BCUT2D eigenvalue weighted by Gasteiger charge is -2.17. The van der Waals surface area contributed by atoms with Gasteiger partial charge in [-0.1, -0.05) is 45.0 Å². The summed E-state index contributed by atoms with van der Waals surface area (Å²) in [7, 11) is 0. The van der Waals surface area contributed by atoms with Gasteiger partial charge in [0, 0.05) is 23.4 Å². The lowest BCUT2D eigenvalue weighted by molar-refractivity contribution is -0.122. The van der Waals surface area contributed by atoms with Crippen molar-refractivity contribution in [2.24, 2.45) is 11.1 Å². The standard InChI is InChI=1S/C24H34N6O3/c1-13(2)30-21(26)19(22(27)32)20(29-30)16-9-7-15(8-10-16)14(3)23(33)28-18(31)11-17(25)12-24(4,5)6/h7-11,13-14,25,31H,12,26H2,1-6H3,(H2,27,32)(H,28,33)/b18-11-,25-17?. The summed E-state index contributed by atoms with van der Waals surface area (Å²) in [5.41, 5.74) is 13.6. The predicted octanol–water partition coefficient (Wildman–Crippen LogP) is 3.89. The van der Waals surface area contributed by atoms with Crippen molar-refractivity contribution in [2.45, 2.75) is 59.9 Å². The first-order chi connectivity index (χ1) is 15.2. The number of nitrogens with two attached hydrogens (primary N) is 2. The van der Waals surface area contributed by atoms with Crippen LogP contribution in [0.5, 0.6) is 0 Å². The Kier molecular flexibility index (Phi) is 7.68. The minimum atomic E-state index is -0.662. The summed E-state index contributed by atoms with van der Waals surface area (Å²) in [5.74, 6) is -1.79. The highest BCUT2D eigenvalue weighted by Crippen LogP contribution is 2.30. The summed E-state index contributed by atoms with van der Waals surface area (Å²) in [4.78, 5) is 24.5. The van der Waals surface area contributed by atoms with Gasteiger partial charge in [-0.15, -0.1) is 0 Å². The van der Waals surface area contributed by atoms with Crippen molar-refractivity contribution in [3.63, 3.8) is 0 Å². The van der Waals surface area contributed by atoms with E-state index in [0.717, 1.165) is 0 Å². The number of primary amides is 1. The number of carbonyl (C=O) groups is 2. The SMILES string of the molecule is CC(C(=O)N/C(O)=C/C(=N)CC(C)(C)C)c1ccc(-c2nn(C(C)C)c(N)c2C(N)=O)cc1. The number of hydrogen-bond acceptors (Lipinski definition) is 6. The van der Waals surface area contributed by atoms with Crippen molar-refractivity contribution in [1.82, 2.24) is 15.1 Å². The van der Waals surface area contributed by atoms with Crippen LogP contribution in [0.1, 0.15) is 75.8 Å². The molecule has 1 unspecified atom stereocenters. The third kappa shape index (κ3) is 6.44. The molecule has 1 aromatic heterocycles. The maximum Gasteiger partial charge on any atom is 0.254 e. The second-order valence-corrected chi connectivity index (χ2v) is 9.64. The average molecular weight is 455 g/mol.